The smallest absolute Gasteiger partial charge is 0.195 e. The summed E-state index contributed by atoms with van der Waals surface area (Å²) in [6.07, 6.45) is 6.21. The van der Waals surface area contributed by atoms with Crippen LogP contribution in [0.4, 0.5) is 0 Å². The number of rotatable bonds is 5. The van der Waals surface area contributed by atoms with Crippen LogP contribution in [0, 0.1) is 0 Å². The predicted octanol–water partition coefficient (Wildman–Crippen LogP) is 4.19. The van der Waals surface area contributed by atoms with Gasteiger partial charge in [0.1, 0.15) is 0 Å². The molecule has 0 aliphatic heterocycles. The molecule has 2 heterocycles. The maximum absolute atomic E-state index is 12.0. The largest absolute Gasteiger partial charge is 0.288 e. The molecule has 0 saturated carbocycles. The number of aryl methyl sites for hydroxylation is 2. The van der Waals surface area contributed by atoms with Gasteiger partial charge in [0.15, 0.2) is 5.78 Å². The van der Waals surface area contributed by atoms with Crippen molar-refractivity contribution in [2.45, 2.75) is 26.8 Å². The fourth-order valence-corrected chi connectivity index (χ4v) is 2.94. The van der Waals surface area contributed by atoms with Crippen molar-refractivity contribution in [2.24, 2.45) is 0 Å². The summed E-state index contributed by atoms with van der Waals surface area (Å²) in [4.78, 5) is 14.0. The minimum Gasteiger partial charge on any atom is -0.288 e. The summed E-state index contributed by atoms with van der Waals surface area (Å²) in [5.74, 6) is 0.0302. The fraction of sp³-hybridized carbons (Fsp3) is 0.286. The van der Waals surface area contributed by atoms with Crippen molar-refractivity contribution in [1.29, 1.82) is 0 Å². The first kappa shape index (κ1) is 14.2. The highest BCUT2D eigenvalue weighted by Gasteiger charge is 2.07. The van der Waals surface area contributed by atoms with Crippen molar-refractivity contribution in [3.8, 4) is 0 Å². The van der Waals surface area contributed by atoms with E-state index in [0.29, 0.717) is 0 Å². The Kier molecular flexibility index (Phi) is 4.71. The molecule has 0 fully saturated rings. The standard InChI is InChI=1S/C14H15BrN2OS/c1-3-10-5-8-14(19-10)13(18)7-6-12-11(15)9-17(4-2)16-12/h5-9H,3-4H2,1-2H3/b7-6+. The number of halogens is 1. The maximum Gasteiger partial charge on any atom is 0.195 e. The summed E-state index contributed by atoms with van der Waals surface area (Å²) in [5.41, 5.74) is 0.780. The summed E-state index contributed by atoms with van der Waals surface area (Å²) < 4.78 is 2.73. The Bertz CT molecular complexity index is 613. The molecular weight excluding hydrogens is 324 g/mol. The number of allylic oxidation sites excluding steroid dienone is 1. The molecule has 0 aromatic carbocycles. The molecule has 100 valence electrons. The molecule has 0 N–H and O–H groups in total. The first-order valence-electron chi connectivity index (χ1n) is 6.18. The van der Waals surface area contributed by atoms with E-state index >= 15 is 0 Å². The fourth-order valence-electron chi connectivity index (χ4n) is 1.62. The van der Waals surface area contributed by atoms with Crippen molar-refractivity contribution < 1.29 is 4.79 Å². The Morgan fingerprint density at radius 3 is 2.84 bits per heavy atom. The van der Waals surface area contributed by atoms with Gasteiger partial charge in [0, 0.05) is 17.6 Å². The number of carbonyl (C=O) groups is 1. The number of hydrogen-bond acceptors (Lipinski definition) is 3. The molecule has 0 bridgehead atoms. The zero-order valence-corrected chi connectivity index (χ0v) is 13.3. The van der Waals surface area contributed by atoms with Gasteiger partial charge in [-0.15, -0.1) is 11.3 Å². The van der Waals surface area contributed by atoms with Gasteiger partial charge in [0.2, 0.25) is 0 Å². The van der Waals surface area contributed by atoms with E-state index in [2.05, 4.69) is 28.0 Å². The lowest BCUT2D eigenvalue weighted by molar-refractivity contribution is 0.105. The third-order valence-corrected chi connectivity index (χ3v) is 4.57. The Labute approximate surface area is 125 Å². The highest BCUT2D eigenvalue weighted by Crippen LogP contribution is 2.20. The monoisotopic (exact) mass is 338 g/mol. The van der Waals surface area contributed by atoms with Gasteiger partial charge in [0.25, 0.3) is 0 Å². The van der Waals surface area contributed by atoms with Gasteiger partial charge < -0.3 is 0 Å². The Morgan fingerprint density at radius 2 is 2.26 bits per heavy atom. The highest BCUT2D eigenvalue weighted by atomic mass is 79.9. The van der Waals surface area contributed by atoms with E-state index in [0.717, 1.165) is 28.0 Å². The van der Waals surface area contributed by atoms with E-state index in [1.165, 1.54) is 4.88 Å². The Morgan fingerprint density at radius 1 is 1.47 bits per heavy atom. The summed E-state index contributed by atoms with van der Waals surface area (Å²) >= 11 is 4.99. The molecule has 0 aliphatic carbocycles. The van der Waals surface area contributed by atoms with Crippen molar-refractivity contribution in [1.82, 2.24) is 9.78 Å². The molecule has 0 radical (unpaired) electrons. The van der Waals surface area contributed by atoms with Gasteiger partial charge >= 0.3 is 0 Å². The van der Waals surface area contributed by atoms with E-state index in [1.54, 1.807) is 23.5 Å². The minimum atomic E-state index is 0.0302. The minimum absolute atomic E-state index is 0.0302. The van der Waals surface area contributed by atoms with Gasteiger partial charge in [-0.05, 0) is 53.6 Å². The second-order valence-corrected chi connectivity index (χ2v) is 6.06. The summed E-state index contributed by atoms with van der Waals surface area (Å²) in [7, 11) is 0. The van der Waals surface area contributed by atoms with Gasteiger partial charge in [-0.2, -0.15) is 5.10 Å². The first-order chi connectivity index (χ1) is 9.13. The molecule has 0 saturated heterocycles. The van der Waals surface area contributed by atoms with Crippen LogP contribution in [0.1, 0.15) is 34.1 Å². The lowest BCUT2D eigenvalue weighted by Crippen LogP contribution is -1.94. The second-order valence-electron chi connectivity index (χ2n) is 4.04. The quantitative estimate of drug-likeness (QED) is 0.605. The van der Waals surface area contributed by atoms with Crippen LogP contribution < -0.4 is 0 Å². The van der Waals surface area contributed by atoms with Crippen LogP contribution in [0.25, 0.3) is 6.08 Å². The summed E-state index contributed by atoms with van der Waals surface area (Å²) in [5, 5.41) is 4.35. The van der Waals surface area contributed by atoms with Crippen LogP contribution >= 0.6 is 27.3 Å². The van der Waals surface area contributed by atoms with Crippen LogP contribution in [-0.2, 0) is 13.0 Å². The molecule has 3 nitrogen and oxygen atoms in total. The van der Waals surface area contributed by atoms with E-state index in [-0.39, 0.29) is 5.78 Å². The lowest BCUT2D eigenvalue weighted by Gasteiger charge is -1.91. The molecule has 0 spiro atoms. The average molecular weight is 339 g/mol. The Balaban J connectivity index is 2.13. The molecule has 2 aromatic rings. The first-order valence-corrected chi connectivity index (χ1v) is 7.79. The van der Waals surface area contributed by atoms with Gasteiger partial charge in [-0.3, -0.25) is 9.48 Å². The zero-order chi connectivity index (χ0) is 13.8. The normalized spacial score (nSPS) is 11.3. The van der Waals surface area contributed by atoms with Gasteiger partial charge in [0.05, 0.1) is 15.0 Å². The van der Waals surface area contributed by atoms with Crippen molar-refractivity contribution in [3.63, 3.8) is 0 Å². The summed E-state index contributed by atoms with van der Waals surface area (Å²) in [6, 6.07) is 3.89. The molecule has 0 amide bonds. The van der Waals surface area contributed by atoms with Crippen LogP contribution in [0.15, 0.2) is 28.9 Å². The second kappa shape index (κ2) is 6.30. The molecule has 2 aromatic heterocycles. The highest BCUT2D eigenvalue weighted by molar-refractivity contribution is 9.10. The number of thiophene rings is 1. The van der Waals surface area contributed by atoms with Crippen molar-refractivity contribution >= 4 is 39.1 Å². The van der Waals surface area contributed by atoms with E-state index in [9.17, 15) is 4.79 Å². The SMILES string of the molecule is CCc1ccc(C(=O)/C=C/c2nn(CC)cc2Br)s1. The molecule has 0 atom stereocenters. The van der Waals surface area contributed by atoms with Gasteiger partial charge in [-0.25, -0.2) is 0 Å². The third-order valence-electron chi connectivity index (χ3n) is 2.71. The molecule has 0 aliphatic rings. The Hall–Kier alpha value is -1.20. The number of carbonyl (C=O) groups excluding carboxylic acids is 1. The van der Waals surface area contributed by atoms with E-state index < -0.39 is 0 Å². The number of aromatic nitrogens is 2. The van der Waals surface area contributed by atoms with Crippen molar-refractivity contribution in [2.75, 3.05) is 0 Å². The maximum atomic E-state index is 12.0. The molecular formula is C14H15BrN2OS. The van der Waals surface area contributed by atoms with Gasteiger partial charge in [-0.1, -0.05) is 6.92 Å². The van der Waals surface area contributed by atoms with Crippen LogP contribution in [-0.4, -0.2) is 15.6 Å². The molecule has 0 unspecified atom stereocenters. The number of hydrogen-bond donors (Lipinski definition) is 0. The van der Waals surface area contributed by atoms with Crippen molar-refractivity contribution in [3.05, 3.63) is 44.3 Å². The summed E-state index contributed by atoms with van der Waals surface area (Å²) in [6.45, 7) is 4.92. The number of nitrogens with zero attached hydrogens (tertiary/aromatic N) is 2. The number of ketones is 1. The third kappa shape index (κ3) is 3.42. The van der Waals surface area contributed by atoms with Crippen LogP contribution in [0.2, 0.25) is 0 Å². The topological polar surface area (TPSA) is 34.9 Å². The predicted molar refractivity (Wildman–Crippen MR) is 82.7 cm³/mol. The van der Waals surface area contributed by atoms with Crippen LogP contribution in [0.5, 0.6) is 0 Å². The van der Waals surface area contributed by atoms with Crippen LogP contribution in [0.3, 0.4) is 0 Å². The van der Waals surface area contributed by atoms with E-state index in [4.69, 9.17) is 0 Å². The lowest BCUT2D eigenvalue weighted by atomic mass is 10.2. The molecule has 5 heteroatoms. The molecule has 2 rings (SSSR count). The molecule has 19 heavy (non-hydrogen) atoms. The zero-order valence-electron chi connectivity index (χ0n) is 10.9. The average Bonchev–Trinajstić information content (AvgIpc) is 3.02. The van der Waals surface area contributed by atoms with E-state index in [1.807, 2.05) is 29.9 Å².